The molecule has 1 atom stereocenters. The number of hydrogen-bond acceptors (Lipinski definition) is 8. The quantitative estimate of drug-likeness (QED) is 0.122. The van der Waals surface area contributed by atoms with Gasteiger partial charge in [-0.05, 0) is 48.4 Å². The number of Topliss-reactive ketones (excluding diaryl/α,β-unsaturated/α-hetero) is 1. The molecule has 1 saturated heterocycles. The van der Waals surface area contributed by atoms with Gasteiger partial charge in [-0.15, -0.1) is 10.2 Å². The second-order valence-corrected chi connectivity index (χ2v) is 10.3. The Morgan fingerprint density at radius 3 is 2.53 bits per heavy atom. The van der Waals surface area contributed by atoms with E-state index in [4.69, 9.17) is 0 Å². The third-order valence-electron chi connectivity index (χ3n) is 5.65. The van der Waals surface area contributed by atoms with Crippen LogP contribution in [0, 0.1) is 12.7 Å². The van der Waals surface area contributed by atoms with Crippen LogP contribution in [0.4, 0.5) is 9.52 Å². The molecular weight excluding hydrogens is 499 g/mol. The summed E-state index contributed by atoms with van der Waals surface area (Å²) in [5, 5.41) is 19.7. The molecule has 0 spiro atoms. The number of anilines is 1. The fourth-order valence-electron chi connectivity index (χ4n) is 3.83. The molecule has 1 unspecified atom stereocenters. The average molecular weight is 519 g/mol. The fraction of sp³-hybridized carbons (Fsp3) is 0.115. The van der Waals surface area contributed by atoms with Crippen LogP contribution in [0.25, 0.3) is 5.76 Å². The molecule has 1 fully saturated rings. The zero-order valence-electron chi connectivity index (χ0n) is 19.0. The van der Waals surface area contributed by atoms with Crippen molar-refractivity contribution in [2.45, 2.75) is 23.1 Å². The molecule has 10 heteroatoms. The predicted molar refractivity (Wildman–Crippen MR) is 136 cm³/mol. The number of aliphatic hydroxyl groups is 1. The van der Waals surface area contributed by atoms with Gasteiger partial charge in [-0.25, -0.2) is 4.39 Å². The average Bonchev–Trinajstić information content (AvgIpc) is 3.46. The van der Waals surface area contributed by atoms with Crippen molar-refractivity contribution < 1.29 is 19.1 Å². The van der Waals surface area contributed by atoms with E-state index in [1.165, 1.54) is 64.0 Å². The maximum Gasteiger partial charge on any atom is 0.301 e. The first-order valence-electron chi connectivity index (χ1n) is 10.9. The molecule has 0 bridgehead atoms. The standard InChI is InChI=1S/C26H19FN4O3S2/c1-15-4-6-16(7-5-15)14-35-26-30-29-25(36-26)31-21(18-3-2-12-28-13-18)20(23(33)24(31)34)22(32)17-8-10-19(27)11-9-17/h2-13,21,32H,14H2,1H3/b22-20-. The third kappa shape index (κ3) is 4.65. The Bertz CT molecular complexity index is 1450. The lowest BCUT2D eigenvalue weighted by molar-refractivity contribution is -0.132. The number of amides is 1. The molecule has 5 rings (SSSR count). The maximum absolute atomic E-state index is 13.4. The molecule has 0 radical (unpaired) electrons. The molecule has 0 saturated carbocycles. The van der Waals surface area contributed by atoms with Crippen LogP contribution in [0.3, 0.4) is 0 Å². The van der Waals surface area contributed by atoms with E-state index >= 15 is 0 Å². The molecule has 0 aliphatic carbocycles. The number of ketones is 1. The highest BCUT2D eigenvalue weighted by Crippen LogP contribution is 2.43. The van der Waals surface area contributed by atoms with Gasteiger partial charge in [0.15, 0.2) is 4.34 Å². The summed E-state index contributed by atoms with van der Waals surface area (Å²) in [5.74, 6) is -1.92. The van der Waals surface area contributed by atoms with Crippen LogP contribution in [0.1, 0.15) is 28.3 Å². The van der Waals surface area contributed by atoms with Gasteiger partial charge in [-0.1, -0.05) is 59.0 Å². The van der Waals surface area contributed by atoms with E-state index < -0.39 is 29.3 Å². The number of hydrogen-bond donors (Lipinski definition) is 1. The van der Waals surface area contributed by atoms with Crippen LogP contribution >= 0.6 is 23.1 Å². The molecule has 3 heterocycles. The number of rotatable bonds is 6. The molecule has 36 heavy (non-hydrogen) atoms. The van der Waals surface area contributed by atoms with E-state index in [0.29, 0.717) is 15.7 Å². The molecule has 2 aromatic heterocycles. The normalized spacial score (nSPS) is 17.1. The monoisotopic (exact) mass is 518 g/mol. The van der Waals surface area contributed by atoms with Gasteiger partial charge in [-0.2, -0.15) is 0 Å². The molecule has 1 aliphatic heterocycles. The lowest BCUT2D eigenvalue weighted by Gasteiger charge is -2.22. The van der Waals surface area contributed by atoms with E-state index in [2.05, 4.69) is 15.2 Å². The number of nitrogens with zero attached hydrogens (tertiary/aromatic N) is 4. The lowest BCUT2D eigenvalue weighted by Crippen LogP contribution is -2.29. The first-order chi connectivity index (χ1) is 17.4. The molecule has 7 nitrogen and oxygen atoms in total. The summed E-state index contributed by atoms with van der Waals surface area (Å²) >= 11 is 2.66. The number of aromatic nitrogens is 3. The van der Waals surface area contributed by atoms with Crippen molar-refractivity contribution in [2.24, 2.45) is 0 Å². The highest BCUT2D eigenvalue weighted by molar-refractivity contribution is 8.00. The van der Waals surface area contributed by atoms with Crippen LogP contribution in [0.15, 0.2) is 83.0 Å². The van der Waals surface area contributed by atoms with Gasteiger partial charge >= 0.3 is 5.91 Å². The first-order valence-corrected chi connectivity index (χ1v) is 12.7. The van der Waals surface area contributed by atoms with E-state index in [9.17, 15) is 19.1 Å². The van der Waals surface area contributed by atoms with Crippen molar-refractivity contribution in [3.05, 3.63) is 107 Å². The number of aliphatic hydroxyl groups excluding tert-OH is 1. The van der Waals surface area contributed by atoms with Gasteiger partial charge in [0.05, 0.1) is 11.6 Å². The fourth-order valence-corrected chi connectivity index (χ4v) is 5.66. The number of pyridine rings is 1. The molecule has 180 valence electrons. The Hall–Kier alpha value is -3.89. The SMILES string of the molecule is Cc1ccc(CSc2nnc(N3C(=O)C(=O)/C(=C(\O)c4ccc(F)cc4)C3c3cccnc3)s2)cc1. The number of benzene rings is 2. The Morgan fingerprint density at radius 1 is 1.08 bits per heavy atom. The van der Waals surface area contributed by atoms with Gasteiger partial charge in [0, 0.05) is 23.7 Å². The summed E-state index contributed by atoms with van der Waals surface area (Å²) in [6.07, 6.45) is 3.09. The summed E-state index contributed by atoms with van der Waals surface area (Å²) in [6, 6.07) is 15.6. The van der Waals surface area contributed by atoms with Crippen molar-refractivity contribution in [1.82, 2.24) is 15.2 Å². The number of aryl methyl sites for hydroxylation is 1. The van der Waals surface area contributed by atoms with Crippen molar-refractivity contribution in [3.8, 4) is 0 Å². The highest BCUT2D eigenvalue weighted by atomic mass is 32.2. The Morgan fingerprint density at radius 2 is 1.83 bits per heavy atom. The number of halogens is 1. The maximum atomic E-state index is 13.4. The van der Waals surface area contributed by atoms with E-state index in [0.717, 1.165) is 5.56 Å². The summed E-state index contributed by atoms with van der Waals surface area (Å²) < 4.78 is 14.1. The Balaban J connectivity index is 1.51. The molecule has 4 aromatic rings. The van der Waals surface area contributed by atoms with Crippen LogP contribution in [0.2, 0.25) is 0 Å². The summed E-state index contributed by atoms with van der Waals surface area (Å²) in [4.78, 5) is 31.7. The molecule has 1 amide bonds. The van der Waals surface area contributed by atoms with Crippen LogP contribution < -0.4 is 4.90 Å². The van der Waals surface area contributed by atoms with Gasteiger partial charge < -0.3 is 5.11 Å². The summed E-state index contributed by atoms with van der Waals surface area (Å²) in [7, 11) is 0. The largest absolute Gasteiger partial charge is 0.507 e. The van der Waals surface area contributed by atoms with Gasteiger partial charge in [0.25, 0.3) is 5.78 Å². The van der Waals surface area contributed by atoms with Gasteiger partial charge in [-0.3, -0.25) is 19.5 Å². The summed E-state index contributed by atoms with van der Waals surface area (Å²) in [5.41, 5.74) is 2.91. The second kappa shape index (κ2) is 10.00. The topological polar surface area (TPSA) is 96.3 Å². The van der Waals surface area contributed by atoms with Gasteiger partial charge in [0.1, 0.15) is 11.6 Å². The zero-order chi connectivity index (χ0) is 25.2. The van der Waals surface area contributed by atoms with E-state index in [-0.39, 0.29) is 16.3 Å². The Kier molecular flexibility index (Phi) is 6.62. The number of thioether (sulfide) groups is 1. The highest BCUT2D eigenvalue weighted by Gasteiger charge is 2.48. The minimum atomic E-state index is -0.966. The third-order valence-corrected chi connectivity index (χ3v) is 7.77. The van der Waals surface area contributed by atoms with Crippen LogP contribution in [-0.2, 0) is 15.3 Å². The van der Waals surface area contributed by atoms with Crippen molar-refractivity contribution in [3.63, 3.8) is 0 Å². The number of carbonyl (C=O) groups is 2. The second-order valence-electron chi connectivity index (χ2n) is 8.09. The Labute approximate surface area is 214 Å². The van der Waals surface area contributed by atoms with Crippen molar-refractivity contribution >= 4 is 45.7 Å². The first kappa shape index (κ1) is 23.8. The number of carbonyl (C=O) groups excluding carboxylic acids is 2. The zero-order valence-corrected chi connectivity index (χ0v) is 20.6. The van der Waals surface area contributed by atoms with E-state index in [1.807, 2.05) is 31.2 Å². The van der Waals surface area contributed by atoms with Crippen molar-refractivity contribution in [2.75, 3.05) is 4.90 Å². The van der Waals surface area contributed by atoms with Crippen LogP contribution in [0.5, 0.6) is 0 Å². The van der Waals surface area contributed by atoms with Crippen LogP contribution in [-0.4, -0.2) is 32.0 Å². The minimum Gasteiger partial charge on any atom is -0.507 e. The molecule has 2 aromatic carbocycles. The molecule has 1 aliphatic rings. The van der Waals surface area contributed by atoms with Crippen molar-refractivity contribution in [1.29, 1.82) is 0 Å². The molecule has 1 N–H and O–H groups in total. The lowest BCUT2D eigenvalue weighted by atomic mass is 9.96. The van der Waals surface area contributed by atoms with Gasteiger partial charge in [0.2, 0.25) is 5.13 Å². The summed E-state index contributed by atoms with van der Waals surface area (Å²) in [6.45, 7) is 2.03. The molecular formula is C26H19FN4O3S2. The van der Waals surface area contributed by atoms with E-state index in [1.54, 1.807) is 18.3 Å². The smallest absolute Gasteiger partial charge is 0.301 e. The predicted octanol–water partition coefficient (Wildman–Crippen LogP) is 5.30. The minimum absolute atomic E-state index is 0.122.